The zero-order valence-corrected chi connectivity index (χ0v) is 16.0. The minimum absolute atomic E-state index is 0.343. The van der Waals surface area contributed by atoms with Gasteiger partial charge in [0.1, 0.15) is 6.54 Å². The lowest BCUT2D eigenvalue weighted by Gasteiger charge is -2.17. The fraction of sp³-hybridized carbons (Fsp3) is 0.429. The Kier molecular flexibility index (Phi) is 5.92. The van der Waals surface area contributed by atoms with Gasteiger partial charge in [-0.3, -0.25) is 24.1 Å². The van der Waals surface area contributed by atoms with Crippen LogP contribution in [0.5, 0.6) is 0 Å². The number of hydrogen-bond donors (Lipinski definition) is 1. The van der Waals surface area contributed by atoms with Gasteiger partial charge in [-0.05, 0) is 43.9 Å². The molecular formula is C21H24N2O5. The molecule has 1 aromatic rings. The van der Waals surface area contributed by atoms with E-state index < -0.39 is 36.4 Å². The predicted molar refractivity (Wildman–Crippen MR) is 102 cm³/mol. The summed E-state index contributed by atoms with van der Waals surface area (Å²) in [4.78, 5) is 50.1. The van der Waals surface area contributed by atoms with Gasteiger partial charge in [0.05, 0.1) is 11.8 Å². The van der Waals surface area contributed by atoms with Gasteiger partial charge in [0.2, 0.25) is 11.8 Å². The molecule has 1 aliphatic heterocycles. The molecule has 0 aromatic heterocycles. The van der Waals surface area contributed by atoms with E-state index in [1.165, 1.54) is 6.92 Å². The normalized spacial score (nSPS) is 22.0. The van der Waals surface area contributed by atoms with Gasteiger partial charge in [0.15, 0.2) is 6.10 Å². The number of anilines is 1. The highest BCUT2D eigenvalue weighted by molar-refractivity contribution is 6.07. The summed E-state index contributed by atoms with van der Waals surface area (Å²) in [7, 11) is 0. The van der Waals surface area contributed by atoms with Crippen molar-refractivity contribution in [2.45, 2.75) is 39.2 Å². The molecule has 3 amide bonds. The summed E-state index contributed by atoms with van der Waals surface area (Å²) >= 11 is 0. The molecule has 0 radical (unpaired) electrons. The highest BCUT2D eigenvalue weighted by atomic mass is 16.5. The Morgan fingerprint density at radius 1 is 1.11 bits per heavy atom. The van der Waals surface area contributed by atoms with E-state index in [-0.39, 0.29) is 11.8 Å². The van der Waals surface area contributed by atoms with Gasteiger partial charge in [-0.15, -0.1) is 0 Å². The summed E-state index contributed by atoms with van der Waals surface area (Å²) in [6.45, 7) is 3.02. The lowest BCUT2D eigenvalue weighted by molar-refractivity contribution is -0.158. The number of ether oxygens (including phenoxy) is 1. The van der Waals surface area contributed by atoms with Gasteiger partial charge in [-0.1, -0.05) is 31.2 Å². The number of carbonyl (C=O) groups is 4. The maximum absolute atomic E-state index is 12.4. The van der Waals surface area contributed by atoms with Gasteiger partial charge < -0.3 is 10.1 Å². The van der Waals surface area contributed by atoms with E-state index in [4.69, 9.17) is 4.74 Å². The maximum Gasteiger partial charge on any atom is 0.326 e. The SMILES string of the molecule is CCc1ccc(NC(=O)[C@@H](C)OC(=O)CN2C(=O)[C@H]3CC=CC[C@H]3C2=O)cc1. The number of hydrogen-bond acceptors (Lipinski definition) is 5. The molecule has 2 aliphatic rings. The lowest BCUT2D eigenvalue weighted by Crippen LogP contribution is -2.39. The Hall–Kier alpha value is -2.96. The van der Waals surface area contributed by atoms with Crippen LogP contribution in [0.1, 0.15) is 32.3 Å². The van der Waals surface area contributed by atoms with Crippen LogP contribution in [-0.2, 0) is 30.3 Å². The molecule has 148 valence electrons. The molecule has 7 nitrogen and oxygen atoms in total. The van der Waals surface area contributed by atoms with Gasteiger partial charge in [0, 0.05) is 5.69 Å². The number of nitrogens with zero attached hydrogens (tertiary/aromatic N) is 1. The van der Waals surface area contributed by atoms with Crippen molar-refractivity contribution in [2.75, 3.05) is 11.9 Å². The number of imide groups is 1. The molecule has 1 heterocycles. The Bertz CT molecular complexity index is 789. The molecule has 0 spiro atoms. The Morgan fingerprint density at radius 3 is 2.21 bits per heavy atom. The Balaban J connectivity index is 1.53. The molecule has 28 heavy (non-hydrogen) atoms. The maximum atomic E-state index is 12.4. The molecule has 7 heteroatoms. The van der Waals surface area contributed by atoms with Crippen molar-refractivity contribution in [3.63, 3.8) is 0 Å². The monoisotopic (exact) mass is 384 g/mol. The average molecular weight is 384 g/mol. The van der Waals surface area contributed by atoms with Crippen LogP contribution in [0.2, 0.25) is 0 Å². The van der Waals surface area contributed by atoms with Gasteiger partial charge in [-0.2, -0.15) is 0 Å². The molecule has 0 bridgehead atoms. The predicted octanol–water partition coefficient (Wildman–Crippen LogP) is 2.07. The van der Waals surface area contributed by atoms with Crippen LogP contribution in [0, 0.1) is 11.8 Å². The molecule has 3 atom stereocenters. The van der Waals surface area contributed by atoms with E-state index in [2.05, 4.69) is 5.32 Å². The minimum atomic E-state index is -1.05. The fourth-order valence-corrected chi connectivity index (χ4v) is 3.51. The van der Waals surface area contributed by atoms with E-state index in [9.17, 15) is 19.2 Å². The molecule has 1 N–H and O–H groups in total. The number of esters is 1. The molecule has 0 unspecified atom stereocenters. The number of aryl methyl sites for hydroxylation is 1. The zero-order valence-electron chi connectivity index (χ0n) is 16.0. The van der Waals surface area contributed by atoms with Crippen molar-refractivity contribution in [1.29, 1.82) is 0 Å². The third-order valence-corrected chi connectivity index (χ3v) is 5.19. The third-order valence-electron chi connectivity index (χ3n) is 5.19. The molecule has 0 saturated carbocycles. The highest BCUT2D eigenvalue weighted by Crippen LogP contribution is 2.34. The van der Waals surface area contributed by atoms with Crippen molar-refractivity contribution in [3.8, 4) is 0 Å². The molecule has 3 rings (SSSR count). The highest BCUT2D eigenvalue weighted by Gasteiger charge is 2.47. The number of amides is 3. The van der Waals surface area contributed by atoms with Crippen LogP contribution in [0.4, 0.5) is 5.69 Å². The van der Waals surface area contributed by atoms with Crippen molar-refractivity contribution < 1.29 is 23.9 Å². The third kappa shape index (κ3) is 4.13. The molecular weight excluding hydrogens is 360 g/mol. The van der Waals surface area contributed by atoms with Crippen LogP contribution in [0.3, 0.4) is 0 Å². The summed E-state index contributed by atoms with van der Waals surface area (Å²) in [5.41, 5.74) is 1.75. The van der Waals surface area contributed by atoms with Crippen LogP contribution in [0.15, 0.2) is 36.4 Å². The van der Waals surface area contributed by atoms with E-state index in [0.717, 1.165) is 16.9 Å². The topological polar surface area (TPSA) is 92.8 Å². The first-order valence-electron chi connectivity index (χ1n) is 9.50. The number of benzene rings is 1. The molecule has 1 aliphatic carbocycles. The number of likely N-dealkylation sites (tertiary alicyclic amines) is 1. The summed E-state index contributed by atoms with van der Waals surface area (Å²) in [6, 6.07) is 7.38. The second kappa shape index (κ2) is 8.37. The van der Waals surface area contributed by atoms with E-state index in [0.29, 0.717) is 18.5 Å². The number of nitrogens with one attached hydrogen (secondary N) is 1. The minimum Gasteiger partial charge on any atom is -0.451 e. The van der Waals surface area contributed by atoms with Gasteiger partial charge in [-0.25, -0.2) is 0 Å². The fourth-order valence-electron chi connectivity index (χ4n) is 3.51. The Morgan fingerprint density at radius 2 is 1.68 bits per heavy atom. The van der Waals surface area contributed by atoms with E-state index >= 15 is 0 Å². The Labute approximate surface area is 163 Å². The number of carbonyl (C=O) groups excluding carboxylic acids is 4. The number of fused-ring (bicyclic) bond motifs is 1. The average Bonchev–Trinajstić information content (AvgIpc) is 2.93. The first-order chi connectivity index (χ1) is 13.4. The van der Waals surface area contributed by atoms with E-state index in [1.54, 1.807) is 12.1 Å². The first kappa shape index (κ1) is 19.8. The molecule has 1 saturated heterocycles. The summed E-state index contributed by atoms with van der Waals surface area (Å²) in [5, 5.41) is 2.68. The van der Waals surface area contributed by atoms with Crippen molar-refractivity contribution >= 4 is 29.4 Å². The van der Waals surface area contributed by atoms with Gasteiger partial charge >= 0.3 is 5.97 Å². The lowest BCUT2D eigenvalue weighted by atomic mass is 9.85. The smallest absolute Gasteiger partial charge is 0.326 e. The summed E-state index contributed by atoms with van der Waals surface area (Å²) < 4.78 is 5.13. The van der Waals surface area contributed by atoms with Crippen molar-refractivity contribution in [2.24, 2.45) is 11.8 Å². The van der Waals surface area contributed by atoms with Crippen LogP contribution >= 0.6 is 0 Å². The molecule has 1 aromatic carbocycles. The summed E-state index contributed by atoms with van der Waals surface area (Å²) in [5.74, 6) is -2.73. The standard InChI is InChI=1S/C21H24N2O5/c1-3-14-8-10-15(11-9-14)22-19(25)13(2)28-18(24)12-23-20(26)16-6-4-5-7-17(16)21(23)27/h4-5,8-11,13,16-17H,3,6-7,12H2,1-2H3,(H,22,25)/t13-,16-,17+/m1/s1. The van der Waals surface area contributed by atoms with Crippen molar-refractivity contribution in [3.05, 3.63) is 42.0 Å². The van der Waals surface area contributed by atoms with Crippen molar-refractivity contribution in [1.82, 2.24) is 4.90 Å². The first-order valence-corrected chi connectivity index (χ1v) is 9.50. The largest absolute Gasteiger partial charge is 0.451 e. The van der Waals surface area contributed by atoms with Crippen LogP contribution in [0.25, 0.3) is 0 Å². The van der Waals surface area contributed by atoms with Crippen LogP contribution < -0.4 is 5.32 Å². The van der Waals surface area contributed by atoms with E-state index in [1.807, 2.05) is 31.2 Å². The second-order valence-electron chi connectivity index (χ2n) is 7.09. The second-order valence-corrected chi connectivity index (χ2v) is 7.09. The van der Waals surface area contributed by atoms with Crippen LogP contribution in [-0.4, -0.2) is 41.2 Å². The number of allylic oxidation sites excluding steroid dienone is 2. The quantitative estimate of drug-likeness (QED) is 0.460. The number of rotatable bonds is 6. The zero-order chi connectivity index (χ0) is 20.3. The van der Waals surface area contributed by atoms with Gasteiger partial charge in [0.25, 0.3) is 5.91 Å². The summed E-state index contributed by atoms with van der Waals surface area (Å²) in [6.07, 6.45) is 4.64. The molecule has 1 fully saturated rings.